The van der Waals surface area contributed by atoms with Gasteiger partial charge in [-0.15, -0.1) is 0 Å². The number of hydrogen-bond acceptors (Lipinski definition) is 4. The molecule has 0 N–H and O–H groups in total. The Labute approximate surface area is 194 Å². The van der Waals surface area contributed by atoms with Crippen molar-refractivity contribution in [3.05, 3.63) is 77.0 Å². The van der Waals surface area contributed by atoms with Crippen molar-refractivity contribution in [2.75, 3.05) is 24.5 Å². The van der Waals surface area contributed by atoms with Crippen molar-refractivity contribution in [1.29, 1.82) is 0 Å². The van der Waals surface area contributed by atoms with E-state index in [9.17, 15) is 9.18 Å². The molecule has 4 heterocycles. The van der Waals surface area contributed by atoms with Crippen LogP contribution >= 0.6 is 0 Å². The number of benzene rings is 1. The third-order valence-corrected chi connectivity index (χ3v) is 6.99. The molecule has 1 aromatic carbocycles. The van der Waals surface area contributed by atoms with Crippen molar-refractivity contribution in [2.45, 2.75) is 45.7 Å². The summed E-state index contributed by atoms with van der Waals surface area (Å²) in [7, 11) is 0. The number of pyridine rings is 1. The Kier molecular flexibility index (Phi) is 6.11. The van der Waals surface area contributed by atoms with Crippen LogP contribution in [0.25, 0.3) is 0 Å². The fourth-order valence-corrected chi connectivity index (χ4v) is 5.06. The minimum Gasteiger partial charge on any atom is -0.357 e. The fourth-order valence-electron chi connectivity index (χ4n) is 5.06. The van der Waals surface area contributed by atoms with Gasteiger partial charge in [0.1, 0.15) is 11.6 Å². The second kappa shape index (κ2) is 9.33. The maximum atomic E-state index is 13.3. The molecule has 1 saturated heterocycles. The molecular weight excluding hydrogens is 417 g/mol. The lowest BCUT2D eigenvalue weighted by Gasteiger charge is -2.34. The number of aromatic nitrogens is 3. The van der Waals surface area contributed by atoms with Crippen LogP contribution in [0, 0.1) is 18.7 Å². The summed E-state index contributed by atoms with van der Waals surface area (Å²) in [6, 6.07) is 12.6. The summed E-state index contributed by atoms with van der Waals surface area (Å²) < 4.78 is 15.3. The Morgan fingerprint density at radius 1 is 1.09 bits per heavy atom. The van der Waals surface area contributed by atoms with Crippen LogP contribution in [0.15, 0.2) is 48.7 Å². The van der Waals surface area contributed by atoms with E-state index in [-0.39, 0.29) is 11.7 Å². The highest BCUT2D eigenvalue weighted by Crippen LogP contribution is 2.27. The largest absolute Gasteiger partial charge is 0.357 e. The van der Waals surface area contributed by atoms with Crippen LogP contribution in [0.5, 0.6) is 0 Å². The molecule has 2 aliphatic heterocycles. The third kappa shape index (κ3) is 4.77. The predicted octanol–water partition coefficient (Wildman–Crippen LogP) is 3.97. The van der Waals surface area contributed by atoms with Crippen LogP contribution in [0.1, 0.15) is 41.8 Å². The molecule has 2 aliphatic rings. The number of nitrogens with zero attached hydrogens (tertiary/aromatic N) is 5. The minimum atomic E-state index is -0.236. The summed E-state index contributed by atoms with van der Waals surface area (Å²) in [5.74, 6) is 1.45. The van der Waals surface area contributed by atoms with Gasteiger partial charge in [0.25, 0.3) is 0 Å². The Balaban J connectivity index is 1.20. The zero-order chi connectivity index (χ0) is 22.8. The Morgan fingerprint density at radius 3 is 2.61 bits per heavy atom. The smallest absolute Gasteiger partial charge is 0.223 e. The number of halogens is 1. The second-order valence-electron chi connectivity index (χ2n) is 9.18. The SMILES string of the molecule is Cc1nn(Cc2ccc(F)cc2)c2c1CCN(C(=O)CC1CCN(c3ccccn3)CC1)C2. The molecule has 2 aromatic heterocycles. The maximum absolute atomic E-state index is 13.3. The summed E-state index contributed by atoms with van der Waals surface area (Å²) in [6.45, 7) is 5.87. The summed E-state index contributed by atoms with van der Waals surface area (Å²) in [4.78, 5) is 21.9. The van der Waals surface area contributed by atoms with Crippen molar-refractivity contribution >= 4 is 11.7 Å². The fraction of sp³-hybridized carbons (Fsp3) is 0.423. The Morgan fingerprint density at radius 2 is 1.88 bits per heavy atom. The van der Waals surface area contributed by atoms with Gasteiger partial charge in [-0.25, -0.2) is 9.37 Å². The van der Waals surface area contributed by atoms with Gasteiger partial charge in [0.05, 0.1) is 24.5 Å². The molecule has 0 atom stereocenters. The number of aryl methyl sites for hydroxylation is 1. The molecule has 0 unspecified atom stereocenters. The molecule has 0 spiro atoms. The van der Waals surface area contributed by atoms with Crippen molar-refractivity contribution < 1.29 is 9.18 Å². The van der Waals surface area contributed by atoms with E-state index in [1.54, 1.807) is 12.1 Å². The van der Waals surface area contributed by atoms with Crippen LogP contribution < -0.4 is 4.90 Å². The Bertz CT molecular complexity index is 1100. The van der Waals surface area contributed by atoms with Gasteiger partial charge in [-0.05, 0) is 67.5 Å². The van der Waals surface area contributed by atoms with Gasteiger partial charge in [-0.3, -0.25) is 9.48 Å². The number of fused-ring (bicyclic) bond motifs is 1. The van der Waals surface area contributed by atoms with Crippen LogP contribution in [0.4, 0.5) is 10.2 Å². The van der Waals surface area contributed by atoms with Gasteiger partial charge in [-0.2, -0.15) is 5.10 Å². The lowest BCUT2D eigenvalue weighted by molar-refractivity contribution is -0.133. The van der Waals surface area contributed by atoms with Gasteiger partial charge in [0.2, 0.25) is 5.91 Å². The number of amides is 1. The highest BCUT2D eigenvalue weighted by molar-refractivity contribution is 5.76. The van der Waals surface area contributed by atoms with E-state index in [2.05, 4.69) is 9.88 Å². The highest BCUT2D eigenvalue weighted by atomic mass is 19.1. The molecule has 172 valence electrons. The lowest BCUT2D eigenvalue weighted by Crippen LogP contribution is -2.40. The molecule has 6 nitrogen and oxygen atoms in total. The number of carbonyl (C=O) groups is 1. The summed E-state index contributed by atoms with van der Waals surface area (Å²) >= 11 is 0. The number of hydrogen-bond donors (Lipinski definition) is 0. The quantitative estimate of drug-likeness (QED) is 0.594. The molecule has 1 fully saturated rings. The van der Waals surface area contributed by atoms with Crippen molar-refractivity contribution in [3.8, 4) is 0 Å². The van der Waals surface area contributed by atoms with E-state index < -0.39 is 0 Å². The first-order valence-electron chi connectivity index (χ1n) is 11.8. The Hall–Kier alpha value is -3.22. The van der Waals surface area contributed by atoms with Crippen LogP contribution in [-0.2, 0) is 24.3 Å². The summed E-state index contributed by atoms with van der Waals surface area (Å²) in [5, 5.41) is 4.73. The van der Waals surface area contributed by atoms with Crippen molar-refractivity contribution in [1.82, 2.24) is 19.7 Å². The average molecular weight is 448 g/mol. The predicted molar refractivity (Wildman–Crippen MR) is 125 cm³/mol. The van der Waals surface area contributed by atoms with Gasteiger partial charge in [0, 0.05) is 32.3 Å². The van der Waals surface area contributed by atoms with E-state index in [1.165, 1.54) is 17.7 Å². The number of rotatable bonds is 5. The van der Waals surface area contributed by atoms with Gasteiger partial charge in [0.15, 0.2) is 0 Å². The molecule has 0 bridgehead atoms. The van der Waals surface area contributed by atoms with Crippen LogP contribution in [0.3, 0.4) is 0 Å². The topological polar surface area (TPSA) is 54.3 Å². The second-order valence-corrected chi connectivity index (χ2v) is 9.18. The lowest BCUT2D eigenvalue weighted by atomic mass is 9.92. The average Bonchev–Trinajstić information content (AvgIpc) is 3.16. The number of piperidine rings is 1. The van der Waals surface area contributed by atoms with Crippen LogP contribution in [0.2, 0.25) is 0 Å². The molecule has 0 radical (unpaired) electrons. The van der Waals surface area contributed by atoms with E-state index in [4.69, 9.17) is 5.10 Å². The van der Waals surface area contributed by atoms with E-state index in [0.717, 1.165) is 61.7 Å². The van der Waals surface area contributed by atoms with E-state index in [0.29, 0.717) is 25.4 Å². The van der Waals surface area contributed by atoms with E-state index >= 15 is 0 Å². The van der Waals surface area contributed by atoms with Crippen molar-refractivity contribution in [3.63, 3.8) is 0 Å². The molecular formula is C26H30FN5O. The number of anilines is 1. The first kappa shape index (κ1) is 21.6. The number of carbonyl (C=O) groups excluding carboxylic acids is 1. The molecule has 3 aromatic rings. The van der Waals surface area contributed by atoms with Gasteiger partial charge in [-0.1, -0.05) is 18.2 Å². The monoisotopic (exact) mass is 447 g/mol. The molecule has 0 aliphatic carbocycles. The van der Waals surface area contributed by atoms with Crippen molar-refractivity contribution in [2.24, 2.45) is 5.92 Å². The normalized spacial score (nSPS) is 16.7. The summed E-state index contributed by atoms with van der Waals surface area (Å²) in [6.07, 6.45) is 5.31. The third-order valence-electron chi connectivity index (χ3n) is 6.99. The summed E-state index contributed by atoms with van der Waals surface area (Å²) in [5.41, 5.74) is 4.40. The van der Waals surface area contributed by atoms with Gasteiger partial charge >= 0.3 is 0 Å². The molecule has 7 heteroatoms. The van der Waals surface area contributed by atoms with Gasteiger partial charge < -0.3 is 9.80 Å². The highest BCUT2D eigenvalue weighted by Gasteiger charge is 2.29. The first-order valence-corrected chi connectivity index (χ1v) is 11.8. The standard InChI is InChI=1S/C26H30FN5O/c1-19-23-11-15-31(18-24(23)32(29-19)17-21-5-7-22(27)8-6-21)26(33)16-20-9-13-30(14-10-20)25-4-2-3-12-28-25/h2-8,12,20H,9-11,13-18H2,1H3. The minimum absolute atomic E-state index is 0.236. The zero-order valence-corrected chi connectivity index (χ0v) is 19.1. The maximum Gasteiger partial charge on any atom is 0.223 e. The molecule has 5 rings (SSSR count). The molecule has 33 heavy (non-hydrogen) atoms. The molecule has 0 saturated carbocycles. The zero-order valence-electron chi connectivity index (χ0n) is 19.1. The van der Waals surface area contributed by atoms with Crippen LogP contribution in [-0.4, -0.2) is 45.2 Å². The van der Waals surface area contributed by atoms with E-state index in [1.807, 2.05) is 40.9 Å². The first-order chi connectivity index (χ1) is 16.1. The molecule has 1 amide bonds.